The minimum atomic E-state index is -1.21. The maximum absolute atomic E-state index is 13.5. The van der Waals surface area contributed by atoms with Gasteiger partial charge in [-0.05, 0) is 36.5 Å². The molecule has 1 aliphatic heterocycles. The molecule has 192 valence electrons. The molecule has 2 aromatic rings. The van der Waals surface area contributed by atoms with Crippen molar-refractivity contribution >= 4 is 34.5 Å². The van der Waals surface area contributed by atoms with E-state index in [0.717, 1.165) is 23.7 Å². The molecule has 10 heteroatoms. The maximum atomic E-state index is 13.5. The van der Waals surface area contributed by atoms with Gasteiger partial charge >= 0.3 is 0 Å². The number of carbonyl (C=O) groups excluding carboxylic acids is 4. The van der Waals surface area contributed by atoms with Crippen LogP contribution in [0.3, 0.4) is 0 Å². The van der Waals surface area contributed by atoms with Crippen LogP contribution in [0.2, 0.25) is 0 Å². The molecule has 4 amide bonds. The van der Waals surface area contributed by atoms with Crippen molar-refractivity contribution in [3.63, 3.8) is 0 Å². The third kappa shape index (κ3) is 3.51. The highest BCUT2D eigenvalue weighted by molar-refractivity contribution is 6.07. The molecular weight excluding hydrogens is 474 g/mol. The van der Waals surface area contributed by atoms with Gasteiger partial charge in [-0.1, -0.05) is 32.3 Å². The number of imide groups is 1. The predicted molar refractivity (Wildman–Crippen MR) is 131 cm³/mol. The number of nitrogens with one attached hydrogen (secondary N) is 4. The Morgan fingerprint density at radius 3 is 2.65 bits per heavy atom. The number of nitriles is 1. The maximum Gasteiger partial charge on any atom is 0.268 e. The lowest BCUT2D eigenvalue weighted by Gasteiger charge is -2.27. The molecule has 4 fully saturated rings. The summed E-state index contributed by atoms with van der Waals surface area (Å²) in [6, 6.07) is 8.62. The van der Waals surface area contributed by atoms with E-state index in [4.69, 9.17) is 4.74 Å². The van der Waals surface area contributed by atoms with Crippen molar-refractivity contribution in [1.29, 1.82) is 5.26 Å². The Labute approximate surface area is 213 Å². The van der Waals surface area contributed by atoms with Gasteiger partial charge in [-0.2, -0.15) is 5.26 Å². The van der Waals surface area contributed by atoms with E-state index < -0.39 is 41.1 Å². The summed E-state index contributed by atoms with van der Waals surface area (Å²) < 4.78 is 5.38. The van der Waals surface area contributed by atoms with E-state index >= 15 is 0 Å². The van der Waals surface area contributed by atoms with Gasteiger partial charge in [-0.3, -0.25) is 24.5 Å². The normalized spacial score (nSPS) is 32.2. The average Bonchev–Trinajstić information content (AvgIpc) is 3.66. The number of methoxy groups -OCH3 is 1. The second-order valence-corrected chi connectivity index (χ2v) is 10.8. The fourth-order valence-electron chi connectivity index (χ4n) is 6.96. The number of benzene rings is 1. The monoisotopic (exact) mass is 503 g/mol. The summed E-state index contributed by atoms with van der Waals surface area (Å²) >= 11 is 0. The number of H-pyrrole nitrogens is 1. The molecule has 7 atom stereocenters. The molecule has 1 aromatic carbocycles. The highest BCUT2D eigenvalue weighted by atomic mass is 16.5. The van der Waals surface area contributed by atoms with Crippen molar-refractivity contribution in [2.75, 3.05) is 7.11 Å². The van der Waals surface area contributed by atoms with Crippen molar-refractivity contribution in [3.8, 4) is 11.8 Å². The summed E-state index contributed by atoms with van der Waals surface area (Å²) in [5, 5.41) is 19.1. The van der Waals surface area contributed by atoms with E-state index in [0.29, 0.717) is 30.2 Å². The van der Waals surface area contributed by atoms with Crippen LogP contribution in [0.15, 0.2) is 24.3 Å². The minimum absolute atomic E-state index is 0.154. The highest BCUT2D eigenvalue weighted by Gasteiger charge is 2.81. The second kappa shape index (κ2) is 8.33. The first kappa shape index (κ1) is 23.5. The largest absolute Gasteiger partial charge is 0.496 e. The van der Waals surface area contributed by atoms with Crippen LogP contribution < -0.4 is 20.7 Å². The van der Waals surface area contributed by atoms with Gasteiger partial charge in [0.05, 0.1) is 25.0 Å². The van der Waals surface area contributed by atoms with Crippen molar-refractivity contribution in [1.82, 2.24) is 20.9 Å². The third-order valence-electron chi connectivity index (χ3n) is 8.84. The predicted octanol–water partition coefficient (Wildman–Crippen LogP) is 1.63. The zero-order valence-corrected chi connectivity index (χ0v) is 20.7. The van der Waals surface area contributed by atoms with Crippen molar-refractivity contribution < 1.29 is 23.9 Å². The number of carbonyl (C=O) groups is 4. The molecule has 0 radical (unpaired) electrons. The van der Waals surface area contributed by atoms with E-state index in [9.17, 15) is 24.4 Å². The van der Waals surface area contributed by atoms with Gasteiger partial charge in [-0.25, -0.2) is 0 Å². The molecule has 1 aromatic heterocycles. The Bertz CT molecular complexity index is 1370. The first-order valence-corrected chi connectivity index (χ1v) is 12.9. The van der Waals surface area contributed by atoms with Crippen LogP contribution in [-0.2, 0) is 14.4 Å². The molecule has 4 N–H and O–H groups in total. The van der Waals surface area contributed by atoms with Crippen LogP contribution in [0.4, 0.5) is 0 Å². The molecule has 0 spiro atoms. The Kier molecular flexibility index (Phi) is 5.30. The summed E-state index contributed by atoms with van der Waals surface area (Å²) in [7, 11) is 1.56. The standard InChI is InChI=1S/C27H29N5O5/c1-3-13-19-20(26(36)31-25(19)35)22-21(13)27(22,11-28)32-24(34)16(9-12-7-8-12)30-23(33)17-10-14-15(29-17)5-4-6-18(14)37-2/h4-6,10,12-13,16,19-22,29H,3,7-9H2,1-2H3,(H,30,33)(H,32,34)(H,31,35,36)/t13-,16+,19-,20+,21?,22-,27+/m1/s1. The third-order valence-corrected chi connectivity index (χ3v) is 8.84. The summed E-state index contributed by atoms with van der Waals surface area (Å²) in [6.07, 6.45) is 3.08. The molecule has 4 aliphatic rings. The fourth-order valence-corrected chi connectivity index (χ4v) is 6.96. The lowest BCUT2D eigenvalue weighted by atomic mass is 9.80. The first-order chi connectivity index (χ1) is 17.8. The SMILES string of the molecule is CC[C@H]1C2[C@@H]([C@H]3C(=O)NC(=O)[C@@H]31)[C@@]2(C#N)NC(=O)[C@H](CC1CC1)NC(=O)c1cc2c(OC)cccc2[nH]1. The van der Waals surface area contributed by atoms with Gasteiger partial charge in [0.15, 0.2) is 0 Å². The van der Waals surface area contributed by atoms with E-state index in [1.807, 2.05) is 19.1 Å². The van der Waals surface area contributed by atoms with E-state index in [1.54, 1.807) is 19.2 Å². The van der Waals surface area contributed by atoms with Gasteiger partial charge in [0.2, 0.25) is 17.7 Å². The summed E-state index contributed by atoms with van der Waals surface area (Å²) in [6.45, 7) is 1.94. The van der Waals surface area contributed by atoms with Gasteiger partial charge in [0.25, 0.3) is 5.91 Å². The Morgan fingerprint density at radius 1 is 1.22 bits per heavy atom. The molecule has 37 heavy (non-hydrogen) atoms. The number of nitrogens with zero attached hydrogens (tertiary/aromatic N) is 1. The fraction of sp³-hybridized carbons (Fsp3) is 0.519. The number of rotatable bonds is 8. The summed E-state index contributed by atoms with van der Waals surface area (Å²) in [4.78, 5) is 54.7. The molecule has 1 saturated heterocycles. The Hall–Kier alpha value is -3.87. The number of hydrogen-bond donors (Lipinski definition) is 4. The van der Waals surface area contributed by atoms with Crippen LogP contribution in [0.25, 0.3) is 10.9 Å². The minimum Gasteiger partial charge on any atom is -0.496 e. The number of hydrogen-bond acceptors (Lipinski definition) is 6. The van der Waals surface area contributed by atoms with Crippen LogP contribution in [-0.4, -0.2) is 47.3 Å². The molecule has 2 heterocycles. The number of amides is 4. The Balaban J connectivity index is 1.22. The molecule has 6 rings (SSSR count). The zero-order valence-electron chi connectivity index (χ0n) is 20.7. The smallest absolute Gasteiger partial charge is 0.268 e. The average molecular weight is 504 g/mol. The highest BCUT2D eigenvalue weighted by Crippen LogP contribution is 2.69. The van der Waals surface area contributed by atoms with Gasteiger partial charge in [-0.15, -0.1) is 0 Å². The van der Waals surface area contributed by atoms with Crippen LogP contribution in [0.5, 0.6) is 5.75 Å². The lowest BCUT2D eigenvalue weighted by Crippen LogP contribution is -2.53. The van der Waals surface area contributed by atoms with E-state index in [-0.39, 0.29) is 23.7 Å². The summed E-state index contributed by atoms with van der Waals surface area (Å²) in [5.74, 6) is -2.36. The van der Waals surface area contributed by atoms with Crippen LogP contribution in [0, 0.1) is 46.8 Å². The lowest BCUT2D eigenvalue weighted by molar-refractivity contribution is -0.127. The molecule has 1 unspecified atom stereocenters. The molecule has 10 nitrogen and oxygen atoms in total. The number of fused-ring (bicyclic) bond motifs is 4. The quantitative estimate of drug-likeness (QED) is 0.402. The number of aromatic amines is 1. The van der Waals surface area contributed by atoms with Gasteiger partial charge in [0.1, 0.15) is 23.0 Å². The number of aromatic nitrogens is 1. The molecule has 3 aliphatic carbocycles. The summed E-state index contributed by atoms with van der Waals surface area (Å²) in [5.41, 5.74) is -0.157. The van der Waals surface area contributed by atoms with Crippen LogP contribution in [0.1, 0.15) is 43.1 Å². The zero-order chi connectivity index (χ0) is 26.1. The number of ether oxygens (including phenoxy) is 1. The van der Waals surface area contributed by atoms with Crippen molar-refractivity contribution in [2.45, 2.75) is 44.2 Å². The van der Waals surface area contributed by atoms with Gasteiger partial charge in [0, 0.05) is 22.7 Å². The molecule has 0 bridgehead atoms. The molecular formula is C27H29N5O5. The Morgan fingerprint density at radius 2 is 1.97 bits per heavy atom. The van der Waals surface area contributed by atoms with Crippen molar-refractivity contribution in [2.24, 2.45) is 35.5 Å². The topological polar surface area (TPSA) is 153 Å². The van der Waals surface area contributed by atoms with Crippen molar-refractivity contribution in [3.05, 3.63) is 30.0 Å². The second-order valence-electron chi connectivity index (χ2n) is 10.8. The van der Waals surface area contributed by atoms with E-state index in [1.165, 1.54) is 0 Å². The molecule has 3 saturated carbocycles. The van der Waals surface area contributed by atoms with Gasteiger partial charge < -0.3 is 20.4 Å². The van der Waals surface area contributed by atoms with E-state index in [2.05, 4.69) is 27.0 Å². The van der Waals surface area contributed by atoms with Crippen LogP contribution >= 0.6 is 0 Å². The first-order valence-electron chi connectivity index (χ1n) is 12.9.